The Hall–Kier alpha value is -0.680. The quantitative estimate of drug-likeness (QED) is 0.761. The summed E-state index contributed by atoms with van der Waals surface area (Å²) in [5.41, 5.74) is 0. The van der Waals surface area contributed by atoms with Crippen molar-refractivity contribution in [3.05, 3.63) is 18.2 Å². The number of aromatic nitrogens is 2. The summed E-state index contributed by atoms with van der Waals surface area (Å²) in [5.74, 6) is 0.368. The molecular formula is C7H9ClF2N2O. The third-order valence-corrected chi connectivity index (χ3v) is 1.93. The number of hydrogen-bond acceptors (Lipinski definition) is 2. The number of imidazole rings is 1. The van der Waals surface area contributed by atoms with Gasteiger partial charge in [-0.3, -0.25) is 0 Å². The van der Waals surface area contributed by atoms with Gasteiger partial charge in [0, 0.05) is 25.9 Å². The molecule has 6 heteroatoms. The molecule has 1 heterocycles. The molecule has 13 heavy (non-hydrogen) atoms. The molecule has 0 amide bonds. The van der Waals surface area contributed by atoms with Gasteiger partial charge in [-0.1, -0.05) is 0 Å². The number of aryl methyl sites for hydroxylation is 1. The Labute approximate surface area is 79.0 Å². The third kappa shape index (κ3) is 2.63. The van der Waals surface area contributed by atoms with Crippen LogP contribution in [0.15, 0.2) is 12.4 Å². The van der Waals surface area contributed by atoms with Crippen LogP contribution in [0.3, 0.4) is 0 Å². The van der Waals surface area contributed by atoms with E-state index in [4.69, 9.17) is 5.11 Å². The zero-order valence-electron chi connectivity index (χ0n) is 6.91. The van der Waals surface area contributed by atoms with E-state index in [1.807, 2.05) is 0 Å². The van der Waals surface area contributed by atoms with E-state index < -0.39 is 11.5 Å². The van der Waals surface area contributed by atoms with E-state index >= 15 is 0 Å². The predicted octanol–water partition coefficient (Wildman–Crippen LogP) is 1.16. The molecule has 0 aliphatic rings. The van der Waals surface area contributed by atoms with E-state index in [2.05, 4.69) is 16.6 Å². The molecule has 1 atom stereocenters. The minimum atomic E-state index is -3.61. The second kappa shape index (κ2) is 3.59. The van der Waals surface area contributed by atoms with Crippen molar-refractivity contribution < 1.29 is 13.9 Å². The van der Waals surface area contributed by atoms with Gasteiger partial charge in [0.1, 0.15) is 11.9 Å². The van der Waals surface area contributed by atoms with Crippen LogP contribution in [-0.4, -0.2) is 26.1 Å². The van der Waals surface area contributed by atoms with Crippen molar-refractivity contribution in [2.24, 2.45) is 7.05 Å². The molecule has 0 radical (unpaired) electrons. The summed E-state index contributed by atoms with van der Waals surface area (Å²) in [6, 6.07) is 0. The smallest absolute Gasteiger partial charge is 0.347 e. The second-order valence-electron chi connectivity index (χ2n) is 2.72. The average molecular weight is 211 g/mol. The van der Waals surface area contributed by atoms with Crippen LogP contribution in [0.25, 0.3) is 0 Å². The summed E-state index contributed by atoms with van der Waals surface area (Å²) in [6.45, 7) is 0. The van der Waals surface area contributed by atoms with Crippen LogP contribution >= 0.6 is 11.6 Å². The maximum Gasteiger partial charge on any atom is 0.347 e. The van der Waals surface area contributed by atoms with Gasteiger partial charge >= 0.3 is 5.38 Å². The Morgan fingerprint density at radius 2 is 2.38 bits per heavy atom. The van der Waals surface area contributed by atoms with Crippen molar-refractivity contribution in [1.82, 2.24) is 9.55 Å². The van der Waals surface area contributed by atoms with E-state index in [-0.39, 0.29) is 6.42 Å². The van der Waals surface area contributed by atoms with Gasteiger partial charge in [-0.15, -0.1) is 0 Å². The standard InChI is InChI=1S/C7H9ClF2N2O/c1-12-3-2-11-6(12)4-5(13)7(8,9)10/h2-3,5,13H,4H2,1H3. The molecule has 0 aliphatic heterocycles. The molecule has 1 unspecified atom stereocenters. The SMILES string of the molecule is Cn1ccnc1CC(O)C(F)(F)Cl. The zero-order chi connectivity index (χ0) is 10.1. The largest absolute Gasteiger partial charge is 0.385 e. The molecule has 1 aromatic rings. The number of aliphatic hydroxyl groups excluding tert-OH is 1. The first-order chi connectivity index (χ1) is 5.91. The lowest BCUT2D eigenvalue weighted by molar-refractivity contribution is -0.0409. The summed E-state index contributed by atoms with van der Waals surface area (Å²) >= 11 is 4.63. The summed E-state index contributed by atoms with van der Waals surface area (Å²) in [4.78, 5) is 3.78. The van der Waals surface area contributed by atoms with E-state index in [0.717, 1.165) is 0 Å². The summed E-state index contributed by atoms with van der Waals surface area (Å²) < 4.78 is 26.2. The highest BCUT2D eigenvalue weighted by molar-refractivity contribution is 6.22. The number of rotatable bonds is 3. The molecule has 1 aromatic heterocycles. The van der Waals surface area contributed by atoms with E-state index in [1.54, 1.807) is 17.8 Å². The first-order valence-corrected chi connectivity index (χ1v) is 4.00. The normalized spacial score (nSPS) is 14.5. The number of halogens is 3. The summed E-state index contributed by atoms with van der Waals surface area (Å²) in [5, 5.41) is 5.34. The van der Waals surface area contributed by atoms with Crippen LogP contribution in [0.4, 0.5) is 8.78 Å². The number of aliphatic hydroxyl groups is 1. The molecule has 0 spiro atoms. The fourth-order valence-corrected chi connectivity index (χ4v) is 0.959. The highest BCUT2D eigenvalue weighted by Gasteiger charge is 2.36. The number of nitrogens with zero attached hydrogens (tertiary/aromatic N) is 2. The maximum atomic E-state index is 12.3. The molecule has 0 aromatic carbocycles. The summed E-state index contributed by atoms with van der Waals surface area (Å²) in [6.07, 6.45) is 0.901. The van der Waals surface area contributed by atoms with Gasteiger partial charge in [0.25, 0.3) is 0 Å². The van der Waals surface area contributed by atoms with Crippen LogP contribution < -0.4 is 0 Å². The Morgan fingerprint density at radius 3 is 2.77 bits per heavy atom. The van der Waals surface area contributed by atoms with Crippen molar-refractivity contribution in [2.45, 2.75) is 17.9 Å². The minimum Gasteiger partial charge on any atom is -0.385 e. The molecule has 0 fully saturated rings. The summed E-state index contributed by atoms with van der Waals surface area (Å²) in [7, 11) is 1.65. The van der Waals surface area contributed by atoms with Crippen LogP contribution in [0, 0.1) is 0 Å². The fourth-order valence-electron chi connectivity index (χ4n) is 0.882. The highest BCUT2D eigenvalue weighted by Crippen LogP contribution is 2.25. The van der Waals surface area contributed by atoms with Crippen molar-refractivity contribution in [3.8, 4) is 0 Å². The molecule has 0 bridgehead atoms. The molecular weight excluding hydrogens is 202 g/mol. The second-order valence-corrected chi connectivity index (χ2v) is 3.22. The molecule has 3 nitrogen and oxygen atoms in total. The Balaban J connectivity index is 2.65. The van der Waals surface area contributed by atoms with Gasteiger partial charge in [-0.05, 0) is 11.6 Å². The van der Waals surface area contributed by atoms with E-state index in [1.165, 1.54) is 6.20 Å². The zero-order valence-corrected chi connectivity index (χ0v) is 7.67. The first-order valence-electron chi connectivity index (χ1n) is 3.62. The average Bonchev–Trinajstić information content (AvgIpc) is 2.34. The lowest BCUT2D eigenvalue weighted by atomic mass is 10.2. The topological polar surface area (TPSA) is 38.0 Å². The molecule has 0 aliphatic carbocycles. The van der Waals surface area contributed by atoms with Crippen LogP contribution in [0.5, 0.6) is 0 Å². The lowest BCUT2D eigenvalue weighted by Gasteiger charge is -2.15. The third-order valence-electron chi connectivity index (χ3n) is 1.67. The van der Waals surface area contributed by atoms with Gasteiger partial charge in [0.05, 0.1) is 0 Å². The van der Waals surface area contributed by atoms with Crippen molar-refractivity contribution in [3.63, 3.8) is 0 Å². The molecule has 0 saturated carbocycles. The van der Waals surface area contributed by atoms with E-state index in [0.29, 0.717) is 5.82 Å². The minimum absolute atomic E-state index is 0.264. The van der Waals surface area contributed by atoms with Crippen molar-refractivity contribution in [1.29, 1.82) is 0 Å². The van der Waals surface area contributed by atoms with Crippen LogP contribution in [0.1, 0.15) is 5.82 Å². The molecule has 1 N–H and O–H groups in total. The van der Waals surface area contributed by atoms with Gasteiger partial charge < -0.3 is 9.67 Å². The highest BCUT2D eigenvalue weighted by atomic mass is 35.5. The number of alkyl halides is 3. The molecule has 0 saturated heterocycles. The van der Waals surface area contributed by atoms with Gasteiger partial charge in [-0.25, -0.2) is 4.98 Å². The van der Waals surface area contributed by atoms with Crippen LogP contribution in [0.2, 0.25) is 0 Å². The van der Waals surface area contributed by atoms with Gasteiger partial charge in [0.2, 0.25) is 0 Å². The van der Waals surface area contributed by atoms with E-state index in [9.17, 15) is 8.78 Å². The predicted molar refractivity (Wildman–Crippen MR) is 43.7 cm³/mol. The number of hydrogen-bond donors (Lipinski definition) is 1. The maximum absolute atomic E-state index is 12.3. The molecule has 1 rings (SSSR count). The fraction of sp³-hybridized carbons (Fsp3) is 0.571. The molecule has 74 valence electrons. The Morgan fingerprint density at radius 1 is 1.77 bits per heavy atom. The Kier molecular flexibility index (Phi) is 2.87. The lowest BCUT2D eigenvalue weighted by Crippen LogP contribution is -2.30. The van der Waals surface area contributed by atoms with Crippen LogP contribution in [-0.2, 0) is 13.5 Å². The monoisotopic (exact) mass is 210 g/mol. The van der Waals surface area contributed by atoms with Crippen molar-refractivity contribution in [2.75, 3.05) is 0 Å². The van der Waals surface area contributed by atoms with Crippen molar-refractivity contribution >= 4 is 11.6 Å². The Bertz CT molecular complexity index is 284. The van der Waals surface area contributed by atoms with Gasteiger partial charge in [-0.2, -0.15) is 8.78 Å². The van der Waals surface area contributed by atoms with Gasteiger partial charge in [0.15, 0.2) is 0 Å². The first kappa shape index (κ1) is 10.4.